The summed E-state index contributed by atoms with van der Waals surface area (Å²) >= 11 is 0.990. The Kier molecular flexibility index (Phi) is 5.27. The van der Waals surface area contributed by atoms with E-state index in [-0.39, 0.29) is 10.8 Å². The molecule has 2 rings (SSSR count). The Hall–Kier alpha value is -2.21. The van der Waals surface area contributed by atoms with Crippen LogP contribution in [-0.2, 0) is 4.79 Å². The molecule has 22 heavy (non-hydrogen) atoms. The van der Waals surface area contributed by atoms with Gasteiger partial charge in [-0.25, -0.2) is 9.78 Å². The third-order valence-corrected chi connectivity index (χ3v) is 4.18. The van der Waals surface area contributed by atoms with Gasteiger partial charge in [-0.05, 0) is 18.9 Å². The van der Waals surface area contributed by atoms with Gasteiger partial charge < -0.3 is 10.4 Å². The number of aromatic nitrogens is 1. The Labute approximate surface area is 133 Å². The number of carboxylic acid groups (broad SMARTS) is 1. The van der Waals surface area contributed by atoms with Crippen LogP contribution in [0.1, 0.15) is 41.4 Å². The van der Waals surface area contributed by atoms with Gasteiger partial charge >= 0.3 is 5.97 Å². The molecule has 0 atom stereocenters. The lowest BCUT2D eigenvalue weighted by Crippen LogP contribution is -2.10. The maximum Gasteiger partial charge on any atom is 0.348 e. The van der Waals surface area contributed by atoms with Gasteiger partial charge in [-0.1, -0.05) is 48.9 Å². The number of aromatic carboxylic acids is 1. The lowest BCUT2D eigenvalue weighted by molar-refractivity contribution is -0.116. The first-order valence-electron chi connectivity index (χ1n) is 7.13. The van der Waals surface area contributed by atoms with Crippen LogP contribution in [0.25, 0.3) is 11.3 Å². The number of nitrogens with zero attached hydrogens (tertiary/aromatic N) is 1. The van der Waals surface area contributed by atoms with Crippen molar-refractivity contribution in [3.05, 3.63) is 34.7 Å². The molecule has 2 N–H and O–H groups in total. The van der Waals surface area contributed by atoms with Crippen LogP contribution < -0.4 is 5.32 Å². The molecule has 0 saturated carbocycles. The van der Waals surface area contributed by atoms with Crippen LogP contribution in [0.15, 0.2) is 24.3 Å². The number of anilines is 1. The van der Waals surface area contributed by atoms with E-state index in [0.29, 0.717) is 17.2 Å². The molecule has 0 spiro atoms. The highest BCUT2D eigenvalue weighted by Crippen LogP contribution is 2.33. The number of carboxylic acids is 1. The molecule has 5 nitrogen and oxygen atoms in total. The van der Waals surface area contributed by atoms with Crippen LogP contribution in [0.5, 0.6) is 0 Å². The predicted octanol–water partition coefficient (Wildman–Crippen LogP) is 3.95. The minimum Gasteiger partial charge on any atom is -0.477 e. The van der Waals surface area contributed by atoms with Crippen LogP contribution in [0.3, 0.4) is 0 Å². The summed E-state index contributed by atoms with van der Waals surface area (Å²) in [5.74, 6) is -1.17. The van der Waals surface area contributed by atoms with Gasteiger partial charge in [-0.15, -0.1) is 0 Å². The lowest BCUT2D eigenvalue weighted by Gasteiger charge is -2.03. The zero-order chi connectivity index (χ0) is 16.1. The molecule has 1 amide bonds. The van der Waals surface area contributed by atoms with E-state index in [0.717, 1.165) is 35.3 Å². The summed E-state index contributed by atoms with van der Waals surface area (Å²) in [6.07, 6.45) is 2.14. The molecule has 0 aliphatic carbocycles. The monoisotopic (exact) mass is 318 g/mol. The second kappa shape index (κ2) is 7.17. The Morgan fingerprint density at radius 3 is 2.68 bits per heavy atom. The normalized spacial score (nSPS) is 10.5. The highest BCUT2D eigenvalue weighted by atomic mass is 32.1. The Balaban J connectivity index is 2.33. The topological polar surface area (TPSA) is 79.3 Å². The number of rotatable bonds is 6. The summed E-state index contributed by atoms with van der Waals surface area (Å²) in [6.45, 7) is 3.91. The van der Waals surface area contributed by atoms with Crippen molar-refractivity contribution >= 4 is 28.3 Å². The van der Waals surface area contributed by atoms with Gasteiger partial charge in [0.25, 0.3) is 0 Å². The number of amides is 1. The van der Waals surface area contributed by atoms with E-state index >= 15 is 0 Å². The molecular weight excluding hydrogens is 300 g/mol. The summed E-state index contributed by atoms with van der Waals surface area (Å²) in [5, 5.41) is 12.4. The van der Waals surface area contributed by atoms with E-state index in [4.69, 9.17) is 0 Å². The number of benzene rings is 1. The number of hydrogen-bond donors (Lipinski definition) is 2. The molecule has 2 aromatic rings. The van der Waals surface area contributed by atoms with Crippen molar-refractivity contribution in [2.45, 2.75) is 33.1 Å². The summed E-state index contributed by atoms with van der Waals surface area (Å²) in [5.41, 5.74) is 2.12. The number of unbranched alkanes of at least 4 members (excludes halogenated alkanes) is 1. The van der Waals surface area contributed by atoms with Crippen LogP contribution in [0.2, 0.25) is 0 Å². The largest absolute Gasteiger partial charge is 0.477 e. The minimum absolute atomic E-state index is 0.135. The molecule has 1 aromatic carbocycles. The first-order chi connectivity index (χ1) is 10.5. The minimum atomic E-state index is -1.04. The molecule has 0 aliphatic heterocycles. The third kappa shape index (κ3) is 3.71. The number of carbonyl (C=O) groups excluding carboxylic acids is 1. The molecule has 0 unspecified atom stereocenters. The van der Waals surface area contributed by atoms with Crippen LogP contribution >= 0.6 is 11.3 Å². The summed E-state index contributed by atoms with van der Waals surface area (Å²) in [6, 6.07) is 7.46. The van der Waals surface area contributed by atoms with Gasteiger partial charge in [0.1, 0.15) is 4.88 Å². The lowest BCUT2D eigenvalue weighted by atomic mass is 10.1. The maximum absolute atomic E-state index is 11.8. The van der Waals surface area contributed by atoms with Gasteiger partial charge in [-0.2, -0.15) is 0 Å². The summed E-state index contributed by atoms with van der Waals surface area (Å²) in [7, 11) is 0. The van der Waals surface area contributed by atoms with Crippen molar-refractivity contribution in [1.82, 2.24) is 4.98 Å². The van der Waals surface area contributed by atoms with Crippen LogP contribution in [0, 0.1) is 6.92 Å². The predicted molar refractivity (Wildman–Crippen MR) is 87.4 cm³/mol. The standard InChI is InChI=1S/C16H18N2O3S/c1-3-4-9-12(19)17-16-18-13(14(22-16)15(20)21)11-8-6-5-7-10(11)2/h5-8H,3-4,9H2,1-2H3,(H,20,21)(H,17,18,19). The van der Waals surface area contributed by atoms with Gasteiger partial charge in [0.2, 0.25) is 5.91 Å². The number of hydrogen-bond acceptors (Lipinski definition) is 4. The van der Waals surface area contributed by atoms with Crippen molar-refractivity contribution < 1.29 is 14.7 Å². The molecule has 1 aromatic heterocycles. The Bertz CT molecular complexity index is 694. The van der Waals surface area contributed by atoms with E-state index in [1.165, 1.54) is 0 Å². The fourth-order valence-corrected chi connectivity index (χ4v) is 2.89. The SMILES string of the molecule is CCCCC(=O)Nc1nc(-c2ccccc2C)c(C(=O)O)s1. The first kappa shape index (κ1) is 16.2. The highest BCUT2D eigenvalue weighted by molar-refractivity contribution is 7.18. The number of carbonyl (C=O) groups is 2. The van der Waals surface area contributed by atoms with Crippen LogP contribution in [-0.4, -0.2) is 22.0 Å². The van der Waals surface area contributed by atoms with E-state index in [1.807, 2.05) is 38.1 Å². The number of nitrogens with one attached hydrogen (secondary N) is 1. The van der Waals surface area contributed by atoms with Crippen molar-refractivity contribution in [3.8, 4) is 11.3 Å². The Morgan fingerprint density at radius 2 is 2.05 bits per heavy atom. The quantitative estimate of drug-likeness (QED) is 0.845. The fraction of sp³-hybridized carbons (Fsp3) is 0.312. The maximum atomic E-state index is 11.8. The molecule has 0 saturated heterocycles. The molecule has 0 bridgehead atoms. The zero-order valence-electron chi connectivity index (χ0n) is 12.5. The second-order valence-corrected chi connectivity index (χ2v) is 5.97. The van der Waals surface area contributed by atoms with Gasteiger partial charge in [-0.3, -0.25) is 4.79 Å². The van der Waals surface area contributed by atoms with Gasteiger partial charge in [0.05, 0.1) is 5.69 Å². The molecule has 0 fully saturated rings. The van der Waals surface area contributed by atoms with Gasteiger partial charge in [0, 0.05) is 12.0 Å². The van der Waals surface area contributed by atoms with E-state index in [2.05, 4.69) is 10.3 Å². The average molecular weight is 318 g/mol. The highest BCUT2D eigenvalue weighted by Gasteiger charge is 2.20. The van der Waals surface area contributed by atoms with Crippen molar-refractivity contribution in [3.63, 3.8) is 0 Å². The van der Waals surface area contributed by atoms with E-state index in [9.17, 15) is 14.7 Å². The van der Waals surface area contributed by atoms with Crippen molar-refractivity contribution in [2.75, 3.05) is 5.32 Å². The fourth-order valence-electron chi connectivity index (χ4n) is 2.06. The molecular formula is C16H18N2O3S. The Morgan fingerprint density at radius 1 is 1.32 bits per heavy atom. The zero-order valence-corrected chi connectivity index (χ0v) is 13.4. The molecule has 116 valence electrons. The molecule has 0 radical (unpaired) electrons. The number of aryl methyl sites for hydroxylation is 1. The molecule has 6 heteroatoms. The summed E-state index contributed by atoms with van der Waals surface area (Å²) < 4.78 is 0. The van der Waals surface area contributed by atoms with Gasteiger partial charge in [0.15, 0.2) is 5.13 Å². The first-order valence-corrected chi connectivity index (χ1v) is 7.94. The third-order valence-electron chi connectivity index (χ3n) is 3.23. The molecule has 0 aliphatic rings. The second-order valence-electron chi connectivity index (χ2n) is 4.97. The summed E-state index contributed by atoms with van der Waals surface area (Å²) in [4.78, 5) is 27.7. The van der Waals surface area contributed by atoms with E-state index < -0.39 is 5.97 Å². The van der Waals surface area contributed by atoms with Crippen LogP contribution in [0.4, 0.5) is 5.13 Å². The van der Waals surface area contributed by atoms with Crippen molar-refractivity contribution in [1.29, 1.82) is 0 Å². The van der Waals surface area contributed by atoms with Crippen molar-refractivity contribution in [2.24, 2.45) is 0 Å². The smallest absolute Gasteiger partial charge is 0.348 e. The van der Waals surface area contributed by atoms with E-state index in [1.54, 1.807) is 0 Å². The average Bonchev–Trinajstić information content (AvgIpc) is 2.89. The number of thiazole rings is 1. The molecule has 1 heterocycles.